The molecule has 8 aromatic rings. The Bertz CT molecular complexity index is 2150. The van der Waals surface area contributed by atoms with E-state index in [0.29, 0.717) is 5.82 Å². The molecule has 8 rings (SSSR count). The fourth-order valence-electron chi connectivity index (χ4n) is 6.08. The van der Waals surface area contributed by atoms with Gasteiger partial charge >= 0.3 is 0 Å². The summed E-state index contributed by atoms with van der Waals surface area (Å²) in [5, 5.41) is 2.49. The first kappa shape index (κ1) is 27.4. The molecule has 0 amide bonds. The molecule has 0 saturated heterocycles. The summed E-state index contributed by atoms with van der Waals surface area (Å²) in [6.45, 7) is 0. The van der Waals surface area contributed by atoms with Crippen molar-refractivity contribution in [2.75, 3.05) is 0 Å². The van der Waals surface area contributed by atoms with E-state index in [2.05, 4.69) is 170 Å². The van der Waals surface area contributed by atoms with Gasteiger partial charge in [0.05, 0.1) is 11.4 Å². The highest BCUT2D eigenvalue weighted by Crippen LogP contribution is 2.33. The highest BCUT2D eigenvalue weighted by Gasteiger charge is 2.12. The zero-order valence-corrected chi connectivity index (χ0v) is 25.2. The number of aromatic nitrogens is 2. The van der Waals surface area contributed by atoms with E-state index >= 15 is 0 Å². The van der Waals surface area contributed by atoms with E-state index in [9.17, 15) is 0 Å². The zero-order valence-electron chi connectivity index (χ0n) is 25.2. The van der Waals surface area contributed by atoms with Gasteiger partial charge in [0.2, 0.25) is 0 Å². The van der Waals surface area contributed by atoms with Crippen molar-refractivity contribution < 1.29 is 0 Å². The molecule has 0 atom stereocenters. The van der Waals surface area contributed by atoms with Gasteiger partial charge in [0, 0.05) is 16.7 Å². The van der Waals surface area contributed by atoms with Crippen molar-refractivity contribution in [3.8, 4) is 67.3 Å². The van der Waals surface area contributed by atoms with E-state index in [4.69, 9.17) is 9.97 Å². The summed E-state index contributed by atoms with van der Waals surface area (Å²) in [6, 6.07) is 63.9. The molecule has 0 spiro atoms. The Hall–Kier alpha value is -6.12. The van der Waals surface area contributed by atoms with Crippen LogP contribution in [0.15, 0.2) is 182 Å². The molecule has 46 heavy (non-hydrogen) atoms. The monoisotopic (exact) mass is 586 g/mol. The average molecular weight is 587 g/mol. The summed E-state index contributed by atoms with van der Waals surface area (Å²) in [6.07, 6.45) is 0. The number of benzene rings is 7. The van der Waals surface area contributed by atoms with Crippen LogP contribution >= 0.6 is 0 Å². The fourth-order valence-corrected chi connectivity index (χ4v) is 6.08. The van der Waals surface area contributed by atoms with Gasteiger partial charge in [-0.15, -0.1) is 0 Å². The molecule has 2 heteroatoms. The molecule has 7 aromatic carbocycles. The molecular weight excluding hydrogens is 556 g/mol. The zero-order chi connectivity index (χ0) is 30.7. The van der Waals surface area contributed by atoms with Crippen LogP contribution in [0.3, 0.4) is 0 Å². The van der Waals surface area contributed by atoms with Crippen molar-refractivity contribution in [3.05, 3.63) is 182 Å². The van der Waals surface area contributed by atoms with Gasteiger partial charge in [0.15, 0.2) is 5.82 Å². The maximum absolute atomic E-state index is 5.11. The summed E-state index contributed by atoms with van der Waals surface area (Å²) in [5.41, 5.74) is 12.0. The van der Waals surface area contributed by atoms with Gasteiger partial charge in [-0.25, -0.2) is 9.97 Å². The van der Waals surface area contributed by atoms with Crippen LogP contribution in [0, 0.1) is 0 Å². The third-order valence-electron chi connectivity index (χ3n) is 8.55. The number of hydrogen-bond donors (Lipinski definition) is 0. The van der Waals surface area contributed by atoms with Crippen molar-refractivity contribution in [2.24, 2.45) is 0 Å². The molecule has 1 heterocycles. The summed E-state index contributed by atoms with van der Waals surface area (Å²) in [7, 11) is 0. The van der Waals surface area contributed by atoms with E-state index in [-0.39, 0.29) is 0 Å². The number of fused-ring (bicyclic) bond motifs is 1. The molecule has 0 N–H and O–H groups in total. The first-order valence-electron chi connectivity index (χ1n) is 15.6. The quantitative estimate of drug-likeness (QED) is 0.194. The van der Waals surface area contributed by atoms with Crippen molar-refractivity contribution in [2.45, 2.75) is 0 Å². The minimum Gasteiger partial charge on any atom is -0.228 e. The van der Waals surface area contributed by atoms with Crippen LogP contribution in [0.4, 0.5) is 0 Å². The molecule has 216 valence electrons. The van der Waals surface area contributed by atoms with Gasteiger partial charge in [-0.1, -0.05) is 176 Å². The lowest BCUT2D eigenvalue weighted by atomic mass is 9.97. The predicted molar refractivity (Wildman–Crippen MR) is 192 cm³/mol. The number of nitrogens with zero attached hydrogens (tertiary/aromatic N) is 2. The smallest absolute Gasteiger partial charge is 0.160 e. The second-order valence-corrected chi connectivity index (χ2v) is 11.5. The minimum atomic E-state index is 0.706. The molecule has 0 bridgehead atoms. The van der Waals surface area contributed by atoms with E-state index in [1.165, 1.54) is 44.2 Å². The Labute approximate surface area is 269 Å². The molecule has 0 aliphatic carbocycles. The third-order valence-corrected chi connectivity index (χ3v) is 8.55. The molecule has 0 aliphatic rings. The van der Waals surface area contributed by atoms with Crippen molar-refractivity contribution >= 4 is 10.8 Å². The van der Waals surface area contributed by atoms with E-state index in [1.54, 1.807) is 0 Å². The van der Waals surface area contributed by atoms with Gasteiger partial charge in [0.1, 0.15) is 0 Å². The lowest BCUT2D eigenvalue weighted by Crippen LogP contribution is -1.96. The average Bonchev–Trinajstić information content (AvgIpc) is 3.15. The molecule has 0 unspecified atom stereocenters. The predicted octanol–water partition coefficient (Wildman–Crippen LogP) is 11.6. The van der Waals surface area contributed by atoms with E-state index in [0.717, 1.165) is 28.1 Å². The maximum atomic E-state index is 5.11. The summed E-state index contributed by atoms with van der Waals surface area (Å²) < 4.78 is 0. The Morgan fingerprint density at radius 2 is 0.696 bits per heavy atom. The van der Waals surface area contributed by atoms with Crippen LogP contribution in [0.5, 0.6) is 0 Å². The van der Waals surface area contributed by atoms with Gasteiger partial charge in [0.25, 0.3) is 0 Å². The largest absolute Gasteiger partial charge is 0.228 e. The molecule has 2 nitrogen and oxygen atoms in total. The van der Waals surface area contributed by atoms with E-state index in [1.807, 2.05) is 12.1 Å². The SMILES string of the molecule is c1ccc(-c2ccc(-c3cc(-c4ccc(-c5cccc6ccccc56)cc4)nc(-c4ccc(-c5ccccc5)cc4)n3)cc2)cc1. The minimum absolute atomic E-state index is 0.706. The lowest BCUT2D eigenvalue weighted by Gasteiger charge is -2.12. The van der Waals surface area contributed by atoms with Crippen LogP contribution in [0.2, 0.25) is 0 Å². The topological polar surface area (TPSA) is 25.8 Å². The van der Waals surface area contributed by atoms with Gasteiger partial charge in [-0.3, -0.25) is 0 Å². The Kier molecular flexibility index (Phi) is 7.22. The normalized spacial score (nSPS) is 11.0. The maximum Gasteiger partial charge on any atom is 0.160 e. The van der Waals surface area contributed by atoms with Crippen LogP contribution < -0.4 is 0 Å². The molecule has 0 aliphatic heterocycles. The van der Waals surface area contributed by atoms with Gasteiger partial charge in [-0.05, 0) is 50.2 Å². The molecule has 1 aromatic heterocycles. The van der Waals surface area contributed by atoms with Gasteiger partial charge in [-0.2, -0.15) is 0 Å². The highest BCUT2D eigenvalue weighted by molar-refractivity contribution is 5.96. The lowest BCUT2D eigenvalue weighted by molar-refractivity contribution is 1.18. The number of hydrogen-bond acceptors (Lipinski definition) is 2. The molecule has 0 fully saturated rings. The Morgan fingerprint density at radius 1 is 0.283 bits per heavy atom. The first-order valence-corrected chi connectivity index (χ1v) is 15.6. The standard InChI is InChI=1S/C44H30N2/c1-3-10-31(11-4-1)33-18-24-37(25-19-33)42-30-43(46-44(45-42)39-28-20-34(21-29-39)32-12-5-2-6-13-32)38-26-22-36(23-27-38)41-17-9-15-35-14-7-8-16-40(35)41/h1-30H. The van der Waals surface area contributed by atoms with E-state index < -0.39 is 0 Å². The highest BCUT2D eigenvalue weighted by atomic mass is 14.9. The molecule has 0 saturated carbocycles. The third kappa shape index (κ3) is 5.49. The first-order chi connectivity index (χ1) is 22.8. The number of rotatable bonds is 6. The molecular formula is C44H30N2. The van der Waals surface area contributed by atoms with Crippen molar-refractivity contribution in [1.82, 2.24) is 9.97 Å². The van der Waals surface area contributed by atoms with Crippen LogP contribution in [0.25, 0.3) is 78.1 Å². The van der Waals surface area contributed by atoms with Crippen LogP contribution in [-0.2, 0) is 0 Å². The van der Waals surface area contributed by atoms with Crippen molar-refractivity contribution in [1.29, 1.82) is 0 Å². The summed E-state index contributed by atoms with van der Waals surface area (Å²) in [4.78, 5) is 10.2. The van der Waals surface area contributed by atoms with Crippen LogP contribution in [-0.4, -0.2) is 9.97 Å². The Morgan fingerprint density at radius 3 is 1.26 bits per heavy atom. The second kappa shape index (κ2) is 12.1. The van der Waals surface area contributed by atoms with Crippen molar-refractivity contribution in [3.63, 3.8) is 0 Å². The summed E-state index contributed by atoms with van der Waals surface area (Å²) in [5.74, 6) is 0.706. The second-order valence-electron chi connectivity index (χ2n) is 11.5. The summed E-state index contributed by atoms with van der Waals surface area (Å²) >= 11 is 0. The Balaban J connectivity index is 1.19. The van der Waals surface area contributed by atoms with Gasteiger partial charge < -0.3 is 0 Å². The van der Waals surface area contributed by atoms with Crippen LogP contribution in [0.1, 0.15) is 0 Å². The molecule has 0 radical (unpaired) electrons. The fraction of sp³-hybridized carbons (Fsp3) is 0.